The second-order valence-electron chi connectivity index (χ2n) is 7.15. The van der Waals surface area contributed by atoms with Crippen LogP contribution < -0.4 is 10.8 Å². The van der Waals surface area contributed by atoms with Gasteiger partial charge in [0.05, 0.1) is 18.2 Å². The van der Waals surface area contributed by atoms with Gasteiger partial charge in [-0.05, 0) is 12.8 Å². The normalized spacial score (nSPS) is 29.9. The summed E-state index contributed by atoms with van der Waals surface area (Å²) in [6, 6.07) is -2.64. The fraction of sp³-hybridized carbons (Fsp3) is 0.786. The van der Waals surface area contributed by atoms with Gasteiger partial charge in [-0.3, -0.25) is 19.0 Å². The molecule has 2 bridgehead atoms. The maximum atomic E-state index is 12.5. The molecule has 13 nitrogen and oxygen atoms in total. The van der Waals surface area contributed by atoms with Crippen LogP contribution in [0, 0.1) is 0 Å². The van der Waals surface area contributed by atoms with Crippen molar-refractivity contribution in [2.75, 3.05) is 27.2 Å². The van der Waals surface area contributed by atoms with Gasteiger partial charge in [0.15, 0.2) is 0 Å². The van der Waals surface area contributed by atoms with Gasteiger partial charge in [0.1, 0.15) is 6.04 Å². The summed E-state index contributed by atoms with van der Waals surface area (Å²) in [6.45, 7) is 0.479. The van der Waals surface area contributed by atoms with E-state index in [1.54, 1.807) is 14.1 Å². The van der Waals surface area contributed by atoms with Crippen molar-refractivity contribution in [3.05, 3.63) is 0 Å². The van der Waals surface area contributed by atoms with Crippen LogP contribution in [0.2, 0.25) is 0 Å². The molecule has 0 aromatic heterocycles. The number of carbonyl (C=O) groups excluding carboxylic acids is 3. The Morgan fingerprint density at radius 3 is 2.68 bits per heavy atom. The van der Waals surface area contributed by atoms with Gasteiger partial charge in [0, 0.05) is 33.6 Å². The van der Waals surface area contributed by atoms with E-state index in [0.29, 0.717) is 24.4 Å². The quantitative estimate of drug-likeness (QED) is 0.321. The van der Waals surface area contributed by atoms with E-state index in [4.69, 9.17) is 9.39 Å². The van der Waals surface area contributed by atoms with Crippen LogP contribution in [0.1, 0.15) is 19.3 Å². The number of likely N-dealkylation sites (N-methyl/N-ethyl adjacent to an activating group) is 1. The van der Waals surface area contributed by atoms with Crippen LogP contribution in [0.15, 0.2) is 0 Å². The molecule has 0 saturated carbocycles. The van der Waals surface area contributed by atoms with E-state index in [0.717, 1.165) is 0 Å². The average molecular weight is 421 g/mol. The molecule has 3 saturated heterocycles. The highest BCUT2D eigenvalue weighted by atomic mass is 32.3. The summed E-state index contributed by atoms with van der Waals surface area (Å²) >= 11 is 0. The van der Waals surface area contributed by atoms with Gasteiger partial charge in [0.2, 0.25) is 5.91 Å². The first kappa shape index (κ1) is 20.7. The zero-order valence-electron chi connectivity index (χ0n) is 15.4. The Morgan fingerprint density at radius 1 is 1.32 bits per heavy atom. The van der Waals surface area contributed by atoms with E-state index in [9.17, 15) is 22.8 Å². The summed E-state index contributed by atoms with van der Waals surface area (Å²) in [6.07, 6.45) is 0.590. The van der Waals surface area contributed by atoms with Gasteiger partial charge < -0.3 is 15.1 Å². The number of fused-ring (bicyclic) bond motifs is 2. The van der Waals surface area contributed by atoms with Crippen LogP contribution in [0.5, 0.6) is 0 Å². The maximum absolute atomic E-state index is 12.5. The standard InChI is InChI=1S/C14H23N5O8S/c1-17(2)13(21)10-5-9(6-15-10)26-16-12(20)11-4-3-8-7-18(11)14(22)19(8)27-28(23,24)25/h8-11,15H,3-7H2,1-2H3,(H,16,20)(H,23,24,25)/t8-,9?,10?,11+/m1/s1. The Hall–Kier alpha value is -2.00. The third-order valence-corrected chi connectivity index (χ3v) is 5.30. The molecule has 3 fully saturated rings. The van der Waals surface area contributed by atoms with Gasteiger partial charge in [-0.15, -0.1) is 4.28 Å². The molecule has 3 aliphatic heterocycles. The number of amides is 4. The third kappa shape index (κ3) is 4.35. The lowest BCUT2D eigenvalue weighted by molar-refractivity contribution is -0.143. The van der Waals surface area contributed by atoms with Gasteiger partial charge in [-0.1, -0.05) is 0 Å². The summed E-state index contributed by atoms with van der Waals surface area (Å²) in [4.78, 5) is 44.7. The van der Waals surface area contributed by atoms with Crippen molar-refractivity contribution in [2.24, 2.45) is 0 Å². The minimum atomic E-state index is -4.84. The van der Waals surface area contributed by atoms with Crippen molar-refractivity contribution >= 4 is 28.2 Å². The lowest BCUT2D eigenvalue weighted by atomic mass is 10.0. The maximum Gasteiger partial charge on any atom is 0.418 e. The number of rotatable bonds is 6. The number of carbonyl (C=O) groups is 3. The molecule has 3 rings (SSSR count). The van der Waals surface area contributed by atoms with E-state index < -0.39 is 46.6 Å². The smallest absolute Gasteiger partial charge is 0.347 e. The number of urea groups is 1. The fourth-order valence-electron chi connectivity index (χ4n) is 3.61. The lowest BCUT2D eigenvalue weighted by Crippen LogP contribution is -2.50. The molecule has 3 aliphatic rings. The Labute approximate surface area is 161 Å². The summed E-state index contributed by atoms with van der Waals surface area (Å²) in [5, 5.41) is 3.59. The summed E-state index contributed by atoms with van der Waals surface area (Å²) in [5.74, 6) is -0.639. The van der Waals surface area contributed by atoms with E-state index in [-0.39, 0.29) is 18.9 Å². The summed E-state index contributed by atoms with van der Waals surface area (Å²) in [5.41, 5.74) is 2.32. The number of piperidine rings is 1. The molecular formula is C14H23N5O8S. The van der Waals surface area contributed by atoms with Crippen LogP contribution >= 0.6 is 0 Å². The van der Waals surface area contributed by atoms with Crippen molar-refractivity contribution in [3.63, 3.8) is 0 Å². The van der Waals surface area contributed by atoms with E-state index >= 15 is 0 Å². The summed E-state index contributed by atoms with van der Waals surface area (Å²) in [7, 11) is -1.54. The molecule has 0 aliphatic carbocycles. The largest absolute Gasteiger partial charge is 0.418 e. The molecule has 3 heterocycles. The Kier molecular flexibility index (Phi) is 5.77. The molecule has 0 aromatic carbocycles. The molecule has 0 spiro atoms. The Balaban J connectivity index is 1.52. The van der Waals surface area contributed by atoms with E-state index in [1.807, 2.05) is 0 Å². The first-order chi connectivity index (χ1) is 13.1. The van der Waals surface area contributed by atoms with Crippen LogP contribution in [-0.4, -0.2) is 97.1 Å². The topological polar surface area (TPSA) is 158 Å². The Morgan fingerprint density at radius 2 is 2.04 bits per heavy atom. The number of nitrogens with one attached hydrogen (secondary N) is 2. The van der Waals surface area contributed by atoms with Crippen LogP contribution in [0.25, 0.3) is 0 Å². The van der Waals surface area contributed by atoms with Crippen molar-refractivity contribution in [1.82, 2.24) is 25.7 Å². The Bertz CT molecular complexity index is 759. The predicted molar refractivity (Wildman–Crippen MR) is 91.5 cm³/mol. The highest BCUT2D eigenvalue weighted by Crippen LogP contribution is 2.30. The highest BCUT2D eigenvalue weighted by molar-refractivity contribution is 7.80. The number of hydroxylamine groups is 3. The van der Waals surface area contributed by atoms with Gasteiger partial charge in [0.25, 0.3) is 5.91 Å². The van der Waals surface area contributed by atoms with Crippen LogP contribution in [-0.2, 0) is 29.1 Å². The first-order valence-electron chi connectivity index (χ1n) is 8.73. The third-order valence-electron chi connectivity index (χ3n) is 4.96. The van der Waals surface area contributed by atoms with Gasteiger partial charge in [-0.25, -0.2) is 10.3 Å². The minimum Gasteiger partial charge on any atom is -0.347 e. The summed E-state index contributed by atoms with van der Waals surface area (Å²) < 4.78 is 34.9. The van der Waals surface area contributed by atoms with E-state index in [2.05, 4.69) is 15.1 Å². The molecule has 2 unspecified atom stereocenters. The monoisotopic (exact) mass is 421 g/mol. The second kappa shape index (κ2) is 7.79. The highest BCUT2D eigenvalue weighted by Gasteiger charge is 2.49. The molecule has 158 valence electrons. The molecule has 14 heteroatoms. The molecule has 28 heavy (non-hydrogen) atoms. The van der Waals surface area contributed by atoms with Crippen molar-refractivity contribution in [3.8, 4) is 0 Å². The van der Waals surface area contributed by atoms with Gasteiger partial charge in [-0.2, -0.15) is 13.5 Å². The van der Waals surface area contributed by atoms with Crippen molar-refractivity contribution in [2.45, 2.75) is 43.5 Å². The molecule has 4 amide bonds. The van der Waals surface area contributed by atoms with Gasteiger partial charge >= 0.3 is 16.4 Å². The molecule has 0 radical (unpaired) electrons. The molecule has 3 N–H and O–H groups in total. The van der Waals surface area contributed by atoms with Crippen molar-refractivity contribution < 1.29 is 36.5 Å². The number of hydrogen-bond donors (Lipinski definition) is 3. The number of nitrogens with zero attached hydrogens (tertiary/aromatic N) is 3. The molecule has 4 atom stereocenters. The first-order valence-corrected chi connectivity index (χ1v) is 10.1. The van der Waals surface area contributed by atoms with Crippen LogP contribution in [0.3, 0.4) is 0 Å². The predicted octanol–water partition coefficient (Wildman–Crippen LogP) is -2.14. The fourth-order valence-corrected chi connectivity index (χ4v) is 3.99. The zero-order chi connectivity index (χ0) is 20.6. The van der Waals surface area contributed by atoms with Crippen LogP contribution in [0.4, 0.5) is 4.79 Å². The zero-order valence-corrected chi connectivity index (χ0v) is 16.2. The van der Waals surface area contributed by atoms with Crippen molar-refractivity contribution in [1.29, 1.82) is 0 Å². The lowest BCUT2D eigenvalue weighted by Gasteiger charge is -2.29. The average Bonchev–Trinajstić information content (AvgIpc) is 3.18. The molecule has 0 aromatic rings. The van der Waals surface area contributed by atoms with E-state index in [1.165, 1.54) is 9.80 Å². The minimum absolute atomic E-state index is 0.0858. The molecular weight excluding hydrogens is 398 g/mol. The second-order valence-corrected chi connectivity index (χ2v) is 8.15. The SMILES string of the molecule is CN(C)C(=O)C1CC(ONC(=O)[C@@H]2CC[C@@H]3CN2C(=O)N3OS(=O)(=O)O)CN1. The number of hydrogen-bond acceptors (Lipinski definition) is 8.